The summed E-state index contributed by atoms with van der Waals surface area (Å²) in [6.07, 6.45) is 1.53. The van der Waals surface area contributed by atoms with Crippen molar-refractivity contribution in [2.45, 2.75) is 44.6 Å². The summed E-state index contributed by atoms with van der Waals surface area (Å²) >= 11 is 0. The van der Waals surface area contributed by atoms with Crippen LogP contribution in [0.4, 0.5) is 0 Å². The Balaban J connectivity index is 0.000000181. The topological polar surface area (TPSA) is 129 Å². The van der Waals surface area contributed by atoms with Crippen LogP contribution in [-0.4, -0.2) is 69.4 Å². The third-order valence-electron chi connectivity index (χ3n) is 7.43. The number of hydrogen-bond acceptors (Lipinski definition) is 10. The molecular weight excluding hydrogens is 629 g/mol. The van der Waals surface area contributed by atoms with Gasteiger partial charge in [0.2, 0.25) is 19.7 Å². The molecule has 0 fully saturated rings. The average molecular weight is 667 g/mol. The minimum atomic E-state index is -3.55. The van der Waals surface area contributed by atoms with E-state index in [0.717, 1.165) is 25.9 Å². The number of hydrogen-bond donors (Lipinski definition) is 2. The first-order valence-corrected chi connectivity index (χ1v) is 18.0. The standard InChI is InChI=1S/2C17H19NO4S/c1-18-10-9-13-12-21-17-11-15(7-8-16(17)22-13)23(19,20)14-5-3-2-4-6-14;1-18-10-9-13-12-21-16-8-7-15(11-17(16)22-13)23(19,20)14-5-3-2-4-6-14/h2*2-8,11,13,18H,9-10,12H2,1H3/t2*13-/m11/s1. The normalized spacial score (nSPS) is 17.0. The van der Waals surface area contributed by atoms with E-state index in [0.29, 0.717) is 36.2 Å². The van der Waals surface area contributed by atoms with E-state index >= 15 is 0 Å². The molecule has 2 aliphatic heterocycles. The molecule has 12 heteroatoms. The van der Waals surface area contributed by atoms with Crippen molar-refractivity contribution in [2.24, 2.45) is 0 Å². The molecule has 4 aromatic carbocycles. The Morgan fingerprint density at radius 1 is 0.543 bits per heavy atom. The molecule has 0 saturated carbocycles. The maximum absolute atomic E-state index is 12.7. The third kappa shape index (κ3) is 7.81. The van der Waals surface area contributed by atoms with E-state index in [-0.39, 0.29) is 31.8 Å². The maximum atomic E-state index is 12.7. The van der Waals surface area contributed by atoms with Gasteiger partial charge in [-0.2, -0.15) is 0 Å². The summed E-state index contributed by atoms with van der Waals surface area (Å²) in [6, 6.07) is 26.2. The van der Waals surface area contributed by atoms with Crippen molar-refractivity contribution in [1.29, 1.82) is 0 Å². The van der Waals surface area contributed by atoms with E-state index in [2.05, 4.69) is 10.6 Å². The van der Waals surface area contributed by atoms with Crippen LogP contribution in [0.5, 0.6) is 23.0 Å². The summed E-state index contributed by atoms with van der Waals surface area (Å²) in [4.78, 5) is 0.951. The van der Waals surface area contributed by atoms with Gasteiger partial charge in [0, 0.05) is 25.0 Å². The Morgan fingerprint density at radius 2 is 0.978 bits per heavy atom. The van der Waals surface area contributed by atoms with Crippen LogP contribution < -0.4 is 29.6 Å². The number of nitrogens with one attached hydrogen (secondary N) is 2. The summed E-state index contributed by atoms with van der Waals surface area (Å²) in [5.74, 6) is 2.12. The lowest BCUT2D eigenvalue weighted by Gasteiger charge is -2.26. The fourth-order valence-corrected chi connectivity index (χ4v) is 7.49. The number of ether oxygens (including phenoxy) is 4. The second kappa shape index (κ2) is 15.0. The van der Waals surface area contributed by atoms with E-state index in [1.54, 1.807) is 91.0 Å². The van der Waals surface area contributed by atoms with E-state index in [4.69, 9.17) is 18.9 Å². The molecule has 0 bridgehead atoms. The van der Waals surface area contributed by atoms with Crippen molar-refractivity contribution >= 4 is 19.7 Å². The van der Waals surface area contributed by atoms with Gasteiger partial charge in [-0.25, -0.2) is 16.8 Å². The second-order valence-electron chi connectivity index (χ2n) is 10.7. The van der Waals surface area contributed by atoms with Crippen LogP contribution in [0.1, 0.15) is 12.8 Å². The van der Waals surface area contributed by atoms with Crippen molar-refractivity contribution in [3.8, 4) is 23.0 Å². The Morgan fingerprint density at radius 3 is 1.48 bits per heavy atom. The van der Waals surface area contributed by atoms with Gasteiger partial charge in [0.15, 0.2) is 23.0 Å². The van der Waals surface area contributed by atoms with Crippen LogP contribution in [0.3, 0.4) is 0 Å². The minimum Gasteiger partial charge on any atom is -0.486 e. The van der Waals surface area contributed by atoms with Gasteiger partial charge in [-0.15, -0.1) is 0 Å². The molecule has 46 heavy (non-hydrogen) atoms. The molecule has 2 N–H and O–H groups in total. The van der Waals surface area contributed by atoms with Crippen molar-refractivity contribution < 1.29 is 35.8 Å². The van der Waals surface area contributed by atoms with Gasteiger partial charge in [-0.05, 0) is 75.7 Å². The lowest BCUT2D eigenvalue weighted by molar-refractivity contribution is 0.0849. The molecule has 0 radical (unpaired) electrons. The largest absolute Gasteiger partial charge is 0.486 e. The molecule has 0 unspecified atom stereocenters. The Kier molecular flexibility index (Phi) is 10.8. The van der Waals surface area contributed by atoms with Crippen molar-refractivity contribution in [3.05, 3.63) is 97.1 Å². The van der Waals surface area contributed by atoms with E-state index in [1.807, 2.05) is 14.1 Å². The number of rotatable bonds is 10. The highest BCUT2D eigenvalue weighted by Crippen LogP contribution is 2.37. The molecule has 10 nitrogen and oxygen atoms in total. The lowest BCUT2D eigenvalue weighted by atomic mass is 10.2. The smallest absolute Gasteiger partial charge is 0.206 e. The van der Waals surface area contributed by atoms with Crippen LogP contribution in [0.25, 0.3) is 0 Å². The van der Waals surface area contributed by atoms with Gasteiger partial charge < -0.3 is 29.6 Å². The van der Waals surface area contributed by atoms with Gasteiger partial charge >= 0.3 is 0 Å². The van der Waals surface area contributed by atoms with Crippen molar-refractivity contribution in [2.75, 3.05) is 40.4 Å². The van der Waals surface area contributed by atoms with E-state index in [9.17, 15) is 16.8 Å². The average Bonchev–Trinajstić information content (AvgIpc) is 3.10. The van der Waals surface area contributed by atoms with E-state index < -0.39 is 19.7 Å². The number of fused-ring (bicyclic) bond motifs is 2. The monoisotopic (exact) mass is 666 g/mol. The maximum Gasteiger partial charge on any atom is 0.206 e. The van der Waals surface area contributed by atoms with Gasteiger partial charge in [-0.1, -0.05) is 36.4 Å². The Bertz CT molecular complexity index is 1820. The SMILES string of the molecule is CNCC[C@@H]1COc2cc(S(=O)(=O)c3ccccc3)ccc2O1.CNCC[C@@H]1COc2ccc(S(=O)(=O)c3ccccc3)cc2O1. The second-order valence-corrected chi connectivity index (χ2v) is 14.6. The van der Waals surface area contributed by atoms with Crippen LogP contribution in [0.2, 0.25) is 0 Å². The molecule has 4 aromatic rings. The predicted molar refractivity (Wildman–Crippen MR) is 174 cm³/mol. The van der Waals surface area contributed by atoms with Gasteiger partial charge in [0.25, 0.3) is 0 Å². The molecule has 2 aliphatic rings. The first-order chi connectivity index (χ1) is 22.2. The third-order valence-corrected chi connectivity index (χ3v) is 11.0. The van der Waals surface area contributed by atoms with E-state index in [1.165, 1.54) is 6.07 Å². The van der Waals surface area contributed by atoms with Crippen molar-refractivity contribution in [1.82, 2.24) is 10.6 Å². The number of benzene rings is 4. The van der Waals surface area contributed by atoms with Crippen LogP contribution in [0, 0.1) is 0 Å². The molecule has 0 aliphatic carbocycles. The summed E-state index contributed by atoms with van der Waals surface area (Å²) < 4.78 is 73.6. The molecule has 2 heterocycles. The molecule has 0 spiro atoms. The van der Waals surface area contributed by atoms with Gasteiger partial charge in [-0.3, -0.25) is 0 Å². The minimum absolute atomic E-state index is 0.0217. The first kappa shape index (κ1) is 33.3. The molecule has 2 atom stereocenters. The zero-order chi connectivity index (χ0) is 32.6. The summed E-state index contributed by atoms with van der Waals surface area (Å²) in [5, 5.41) is 6.14. The van der Waals surface area contributed by atoms with Crippen LogP contribution in [-0.2, 0) is 19.7 Å². The summed E-state index contributed by atoms with van der Waals surface area (Å²) in [6.45, 7) is 2.54. The number of sulfone groups is 2. The zero-order valence-corrected chi connectivity index (χ0v) is 27.4. The fraction of sp³-hybridized carbons (Fsp3) is 0.294. The van der Waals surface area contributed by atoms with Gasteiger partial charge in [0.1, 0.15) is 25.4 Å². The molecule has 244 valence electrons. The van der Waals surface area contributed by atoms with Crippen molar-refractivity contribution in [3.63, 3.8) is 0 Å². The first-order valence-electron chi connectivity index (χ1n) is 15.0. The molecule has 0 saturated heterocycles. The molecule has 0 amide bonds. The predicted octanol–water partition coefficient (Wildman–Crippen LogP) is 4.54. The zero-order valence-electron chi connectivity index (χ0n) is 25.7. The highest BCUT2D eigenvalue weighted by atomic mass is 32.2. The lowest BCUT2D eigenvalue weighted by Crippen LogP contribution is -2.31. The highest BCUT2D eigenvalue weighted by Gasteiger charge is 2.26. The van der Waals surface area contributed by atoms with Crippen LogP contribution >= 0.6 is 0 Å². The highest BCUT2D eigenvalue weighted by molar-refractivity contribution is 7.91. The summed E-state index contributed by atoms with van der Waals surface area (Å²) in [5.41, 5.74) is 0. The Labute approximate surface area is 270 Å². The summed E-state index contributed by atoms with van der Waals surface area (Å²) in [7, 11) is -3.34. The fourth-order valence-electron chi connectivity index (χ4n) is 4.89. The van der Waals surface area contributed by atoms with Crippen LogP contribution in [0.15, 0.2) is 117 Å². The quantitative estimate of drug-likeness (QED) is 0.249. The molecular formula is C34H38N2O8S2. The molecule has 0 aromatic heterocycles. The molecule has 6 rings (SSSR count). The van der Waals surface area contributed by atoms with Gasteiger partial charge in [0.05, 0.1) is 19.6 Å². The Hall–Kier alpha value is -4.10.